The lowest BCUT2D eigenvalue weighted by Crippen LogP contribution is -2.02. The molecule has 5 heteroatoms. The maximum atomic E-state index is 4.88. The van der Waals surface area contributed by atoms with Gasteiger partial charge in [-0.1, -0.05) is 103 Å². The number of hydrogen-bond donors (Lipinski definition) is 0. The van der Waals surface area contributed by atoms with Gasteiger partial charge in [0.05, 0.1) is 11.0 Å². The van der Waals surface area contributed by atoms with Crippen LogP contribution in [0.4, 0.5) is 0 Å². The summed E-state index contributed by atoms with van der Waals surface area (Å²) >= 11 is 1.87. The van der Waals surface area contributed by atoms with Gasteiger partial charge in [-0.05, 0) is 72.3 Å². The normalized spacial score (nSPS) is 11.8. The second-order valence-electron chi connectivity index (χ2n) is 13.2. The van der Waals surface area contributed by atoms with E-state index in [9.17, 15) is 0 Å². The number of aromatic nitrogens is 4. The minimum atomic E-state index is 0.915. The zero-order valence-corrected chi connectivity index (χ0v) is 28.8. The van der Waals surface area contributed by atoms with Gasteiger partial charge in [-0.15, -0.1) is 11.3 Å². The SMILES string of the molecule is c1ccc(-n2ccnc2-c2ccc3c(c2)c2c4cccc(-c5ccc6c(c5)sc5ccccc56)c4n(-c4ccccc4)c2n3-c2ccccc2)cc1. The molecule has 0 saturated carbocycles. The average Bonchev–Trinajstić information content (AvgIpc) is 3.99. The lowest BCUT2D eigenvalue weighted by molar-refractivity contribution is 1.06. The van der Waals surface area contributed by atoms with Crippen molar-refractivity contribution in [2.45, 2.75) is 0 Å². The largest absolute Gasteiger partial charge is 0.300 e. The van der Waals surface area contributed by atoms with E-state index in [0.29, 0.717) is 0 Å². The first kappa shape index (κ1) is 29.1. The molecule has 0 amide bonds. The van der Waals surface area contributed by atoms with Crippen LogP contribution in [0.5, 0.6) is 0 Å². The lowest BCUT2D eigenvalue weighted by atomic mass is 10.00. The zero-order valence-electron chi connectivity index (χ0n) is 28.0. The fourth-order valence-corrected chi connectivity index (χ4v) is 9.24. The maximum Gasteiger partial charge on any atom is 0.144 e. The molecular formula is C47H30N4S. The van der Waals surface area contributed by atoms with Crippen LogP contribution in [0.2, 0.25) is 0 Å². The molecule has 0 aliphatic heterocycles. The number of nitrogens with zero attached hydrogens (tertiary/aromatic N) is 4. The van der Waals surface area contributed by atoms with Gasteiger partial charge in [0.1, 0.15) is 11.5 Å². The highest BCUT2D eigenvalue weighted by Gasteiger charge is 2.25. The Morgan fingerprint density at radius 1 is 0.462 bits per heavy atom. The van der Waals surface area contributed by atoms with Crippen LogP contribution in [0.15, 0.2) is 182 Å². The van der Waals surface area contributed by atoms with Crippen LogP contribution in [0.3, 0.4) is 0 Å². The molecule has 11 rings (SSSR count). The predicted molar refractivity (Wildman–Crippen MR) is 218 cm³/mol. The molecule has 4 aromatic heterocycles. The Labute approximate surface area is 303 Å². The average molecular weight is 683 g/mol. The topological polar surface area (TPSA) is 27.7 Å². The first-order chi connectivity index (χ1) is 25.8. The predicted octanol–water partition coefficient (Wildman–Crippen LogP) is 12.6. The molecular weight excluding hydrogens is 653 g/mol. The molecule has 0 aliphatic rings. The van der Waals surface area contributed by atoms with Gasteiger partial charge in [0.15, 0.2) is 0 Å². The molecule has 7 aromatic carbocycles. The van der Waals surface area contributed by atoms with Crippen LogP contribution in [-0.2, 0) is 0 Å². The summed E-state index contributed by atoms with van der Waals surface area (Å²) < 4.78 is 9.70. The van der Waals surface area contributed by atoms with E-state index in [4.69, 9.17) is 4.98 Å². The van der Waals surface area contributed by atoms with E-state index < -0.39 is 0 Å². The number of benzene rings is 7. The maximum absolute atomic E-state index is 4.88. The van der Waals surface area contributed by atoms with Crippen molar-refractivity contribution in [2.24, 2.45) is 0 Å². The third-order valence-corrected chi connectivity index (χ3v) is 11.5. The zero-order chi connectivity index (χ0) is 34.2. The van der Waals surface area contributed by atoms with Gasteiger partial charge in [0.2, 0.25) is 0 Å². The quantitative estimate of drug-likeness (QED) is 0.178. The van der Waals surface area contributed by atoms with Gasteiger partial charge in [0.25, 0.3) is 0 Å². The molecule has 0 N–H and O–H groups in total. The summed E-state index contributed by atoms with van der Waals surface area (Å²) in [6.07, 6.45) is 3.93. The summed E-state index contributed by atoms with van der Waals surface area (Å²) in [5.74, 6) is 0.915. The highest BCUT2D eigenvalue weighted by molar-refractivity contribution is 7.25. The van der Waals surface area contributed by atoms with Crippen molar-refractivity contribution < 1.29 is 0 Å². The number of para-hydroxylation sites is 4. The van der Waals surface area contributed by atoms with E-state index >= 15 is 0 Å². The van der Waals surface area contributed by atoms with Gasteiger partial charge in [-0.3, -0.25) is 13.7 Å². The molecule has 11 aromatic rings. The fourth-order valence-electron chi connectivity index (χ4n) is 8.09. The first-order valence-electron chi connectivity index (χ1n) is 17.5. The van der Waals surface area contributed by atoms with E-state index in [0.717, 1.165) is 39.6 Å². The Morgan fingerprint density at radius 2 is 1.12 bits per heavy atom. The highest BCUT2D eigenvalue weighted by atomic mass is 32.1. The molecule has 0 bridgehead atoms. The highest BCUT2D eigenvalue weighted by Crippen LogP contribution is 2.45. The second-order valence-corrected chi connectivity index (χ2v) is 14.3. The summed E-state index contributed by atoms with van der Waals surface area (Å²) in [6, 6.07) is 61.3. The summed E-state index contributed by atoms with van der Waals surface area (Å²) in [5.41, 5.74) is 10.3. The van der Waals surface area contributed by atoms with Gasteiger partial charge < -0.3 is 0 Å². The van der Waals surface area contributed by atoms with E-state index in [-0.39, 0.29) is 0 Å². The molecule has 0 fully saturated rings. The molecule has 0 unspecified atom stereocenters. The molecule has 4 nitrogen and oxygen atoms in total. The van der Waals surface area contributed by atoms with Crippen molar-refractivity contribution in [3.63, 3.8) is 0 Å². The smallest absolute Gasteiger partial charge is 0.144 e. The van der Waals surface area contributed by atoms with Gasteiger partial charge in [-0.2, -0.15) is 0 Å². The molecule has 0 atom stereocenters. The summed E-state index contributed by atoms with van der Waals surface area (Å²) in [5, 5.41) is 6.26. The monoisotopic (exact) mass is 682 g/mol. The third kappa shape index (κ3) is 4.30. The number of fused-ring (bicyclic) bond motifs is 8. The summed E-state index contributed by atoms with van der Waals surface area (Å²) in [7, 11) is 0. The Morgan fingerprint density at radius 3 is 1.90 bits per heavy atom. The van der Waals surface area contributed by atoms with E-state index in [1.165, 1.54) is 53.0 Å². The number of thiophene rings is 1. The molecule has 0 spiro atoms. The van der Waals surface area contributed by atoms with Gasteiger partial charge in [-0.25, -0.2) is 4.98 Å². The second kappa shape index (κ2) is 11.4. The summed E-state index contributed by atoms with van der Waals surface area (Å²) in [4.78, 5) is 4.88. The van der Waals surface area contributed by atoms with Crippen molar-refractivity contribution in [3.05, 3.63) is 182 Å². The van der Waals surface area contributed by atoms with Crippen LogP contribution in [0.25, 0.3) is 92.6 Å². The Bertz CT molecular complexity index is 3110. The van der Waals surface area contributed by atoms with E-state index in [1.807, 2.05) is 29.8 Å². The third-order valence-electron chi connectivity index (χ3n) is 10.3. The molecule has 0 radical (unpaired) electrons. The van der Waals surface area contributed by atoms with Crippen LogP contribution in [0, 0.1) is 0 Å². The van der Waals surface area contributed by atoms with E-state index in [1.54, 1.807) is 0 Å². The Balaban J connectivity index is 1.26. The number of hydrogen-bond acceptors (Lipinski definition) is 2. The van der Waals surface area contributed by atoms with Crippen LogP contribution in [0.1, 0.15) is 0 Å². The van der Waals surface area contributed by atoms with Crippen molar-refractivity contribution >= 4 is 64.3 Å². The fraction of sp³-hybridized carbons (Fsp3) is 0. The molecule has 52 heavy (non-hydrogen) atoms. The number of imidazole rings is 1. The van der Waals surface area contributed by atoms with Crippen molar-refractivity contribution in [3.8, 4) is 39.6 Å². The van der Waals surface area contributed by atoms with Gasteiger partial charge in [0, 0.05) is 76.9 Å². The molecule has 0 saturated heterocycles. The standard InChI is InChI=1S/C47H30N4S/c1-4-13-33(14-5-1)49-28-27-48-46(49)32-24-26-41-40(29-32)44-39-21-12-20-36(31-23-25-38-37-19-10-11-22-42(37)52-43(38)30-31)45(39)51(35-17-8-3-9-18-35)47(44)50(41)34-15-6-2-7-16-34/h1-30H. The van der Waals surface area contributed by atoms with Crippen LogP contribution < -0.4 is 0 Å². The molecule has 4 heterocycles. The molecule has 0 aliphatic carbocycles. The van der Waals surface area contributed by atoms with Crippen molar-refractivity contribution in [1.82, 2.24) is 18.7 Å². The Kier molecular flexibility index (Phi) is 6.39. The minimum Gasteiger partial charge on any atom is -0.300 e. The van der Waals surface area contributed by atoms with Gasteiger partial charge >= 0.3 is 0 Å². The van der Waals surface area contributed by atoms with Crippen LogP contribution >= 0.6 is 11.3 Å². The van der Waals surface area contributed by atoms with E-state index in [2.05, 4.69) is 177 Å². The summed E-state index contributed by atoms with van der Waals surface area (Å²) in [6.45, 7) is 0. The molecule has 244 valence electrons. The lowest BCUT2D eigenvalue weighted by Gasteiger charge is -2.15. The Hall–Kier alpha value is -6.69. The van der Waals surface area contributed by atoms with Crippen molar-refractivity contribution in [1.29, 1.82) is 0 Å². The first-order valence-corrected chi connectivity index (χ1v) is 18.4. The number of rotatable bonds is 5. The van der Waals surface area contributed by atoms with Crippen LogP contribution in [-0.4, -0.2) is 18.7 Å². The minimum absolute atomic E-state index is 0.915. The van der Waals surface area contributed by atoms with Crippen molar-refractivity contribution in [2.75, 3.05) is 0 Å².